The maximum absolute atomic E-state index is 6.43. The lowest BCUT2D eigenvalue weighted by Gasteiger charge is -2.42. The molecule has 1 rings (SSSR count). The zero-order chi connectivity index (χ0) is 14.6. The van der Waals surface area contributed by atoms with Crippen molar-refractivity contribution in [1.82, 2.24) is 9.97 Å². The predicted molar refractivity (Wildman–Crippen MR) is 83.2 cm³/mol. The molecule has 0 bridgehead atoms. The summed E-state index contributed by atoms with van der Waals surface area (Å²) in [7, 11) is -1.95. The standard InChI is InChI=1S/C15H26N2OSi/c1-11(2)19(12(3)4,13(5)6)18-14(7)15-16-9-8-10-17-15/h8-13H,7H2,1-6H3. The van der Waals surface area contributed by atoms with Crippen molar-refractivity contribution in [2.75, 3.05) is 0 Å². The molecule has 19 heavy (non-hydrogen) atoms. The molecule has 0 amide bonds. The summed E-state index contributed by atoms with van der Waals surface area (Å²) in [5, 5.41) is 0. The van der Waals surface area contributed by atoms with Gasteiger partial charge < -0.3 is 4.43 Å². The molecule has 0 saturated carbocycles. The Balaban J connectivity index is 3.05. The fraction of sp³-hybridized carbons (Fsp3) is 0.600. The highest BCUT2D eigenvalue weighted by atomic mass is 28.4. The van der Waals surface area contributed by atoms with Crippen LogP contribution >= 0.6 is 0 Å². The molecule has 1 aromatic rings. The summed E-state index contributed by atoms with van der Waals surface area (Å²) in [4.78, 5) is 8.45. The molecule has 0 aliphatic carbocycles. The van der Waals surface area contributed by atoms with Crippen molar-refractivity contribution in [3.8, 4) is 0 Å². The predicted octanol–water partition coefficient (Wildman–Crippen LogP) is 4.64. The van der Waals surface area contributed by atoms with Crippen molar-refractivity contribution in [3.05, 3.63) is 30.9 Å². The number of aromatic nitrogens is 2. The second kappa shape index (κ2) is 6.33. The Morgan fingerprint density at radius 2 is 1.42 bits per heavy atom. The smallest absolute Gasteiger partial charge is 0.258 e. The number of rotatable bonds is 6. The third-order valence-electron chi connectivity index (χ3n) is 3.82. The van der Waals surface area contributed by atoms with E-state index < -0.39 is 8.32 Å². The summed E-state index contributed by atoms with van der Waals surface area (Å²) in [6, 6.07) is 1.80. The molecular formula is C15H26N2OSi. The minimum absolute atomic E-state index is 0.521. The molecule has 0 saturated heterocycles. The quantitative estimate of drug-likeness (QED) is 0.561. The van der Waals surface area contributed by atoms with Crippen molar-refractivity contribution >= 4 is 14.1 Å². The molecule has 0 aliphatic heterocycles. The molecule has 4 heteroatoms. The average Bonchev–Trinajstić information content (AvgIpc) is 2.35. The van der Waals surface area contributed by atoms with Gasteiger partial charge in [0.25, 0.3) is 8.32 Å². The van der Waals surface area contributed by atoms with Crippen LogP contribution < -0.4 is 0 Å². The second-order valence-corrected chi connectivity index (χ2v) is 11.3. The van der Waals surface area contributed by atoms with Crippen LogP contribution in [0, 0.1) is 0 Å². The van der Waals surface area contributed by atoms with Gasteiger partial charge >= 0.3 is 0 Å². The normalized spacial score (nSPS) is 12.3. The zero-order valence-corrected chi connectivity index (χ0v) is 14.0. The van der Waals surface area contributed by atoms with E-state index in [1.165, 1.54) is 0 Å². The van der Waals surface area contributed by atoms with E-state index in [2.05, 4.69) is 58.1 Å². The lowest BCUT2D eigenvalue weighted by atomic mass is 10.5. The molecular weight excluding hydrogens is 252 g/mol. The van der Waals surface area contributed by atoms with E-state index in [0.29, 0.717) is 28.2 Å². The van der Waals surface area contributed by atoms with Crippen LogP contribution in [0.1, 0.15) is 47.4 Å². The fourth-order valence-electron chi connectivity index (χ4n) is 3.06. The summed E-state index contributed by atoms with van der Waals surface area (Å²) in [6.45, 7) is 17.6. The van der Waals surface area contributed by atoms with Gasteiger partial charge in [-0.1, -0.05) is 48.1 Å². The minimum atomic E-state index is -1.95. The van der Waals surface area contributed by atoms with Gasteiger partial charge in [-0.05, 0) is 22.7 Å². The van der Waals surface area contributed by atoms with Gasteiger partial charge in [-0.3, -0.25) is 0 Å². The third-order valence-corrected chi connectivity index (χ3v) is 9.84. The molecule has 0 fully saturated rings. The van der Waals surface area contributed by atoms with Gasteiger partial charge in [0.1, 0.15) is 5.76 Å². The summed E-state index contributed by atoms with van der Waals surface area (Å²) in [6.07, 6.45) is 3.44. The maximum Gasteiger partial charge on any atom is 0.258 e. The molecule has 1 heterocycles. The Hall–Kier alpha value is -1.16. The highest BCUT2D eigenvalue weighted by Crippen LogP contribution is 2.44. The summed E-state index contributed by atoms with van der Waals surface area (Å²) in [5.74, 6) is 1.21. The maximum atomic E-state index is 6.43. The van der Waals surface area contributed by atoms with E-state index in [1.807, 2.05) is 0 Å². The summed E-state index contributed by atoms with van der Waals surface area (Å²) in [5.41, 5.74) is 1.56. The summed E-state index contributed by atoms with van der Waals surface area (Å²) < 4.78 is 6.43. The molecule has 0 atom stereocenters. The number of hydrogen-bond acceptors (Lipinski definition) is 3. The first-order valence-electron chi connectivity index (χ1n) is 6.97. The SMILES string of the molecule is C=C(O[Si](C(C)C)(C(C)C)C(C)C)c1ncccn1. The van der Waals surface area contributed by atoms with Gasteiger partial charge in [-0.25, -0.2) is 9.97 Å². The van der Waals surface area contributed by atoms with Gasteiger partial charge in [0.2, 0.25) is 0 Å². The van der Waals surface area contributed by atoms with Crippen LogP contribution in [-0.2, 0) is 4.43 Å². The van der Waals surface area contributed by atoms with Crippen LogP contribution in [0.4, 0.5) is 0 Å². The highest BCUT2D eigenvalue weighted by molar-refractivity contribution is 6.78. The Bertz CT molecular complexity index is 394. The van der Waals surface area contributed by atoms with E-state index in [4.69, 9.17) is 4.43 Å². The van der Waals surface area contributed by atoms with Gasteiger partial charge in [0.05, 0.1) is 0 Å². The fourth-order valence-corrected chi connectivity index (χ4v) is 8.28. The van der Waals surface area contributed by atoms with E-state index in [-0.39, 0.29) is 0 Å². The van der Waals surface area contributed by atoms with E-state index in [1.54, 1.807) is 18.5 Å². The minimum Gasteiger partial charge on any atom is -0.541 e. The first kappa shape index (κ1) is 15.9. The van der Waals surface area contributed by atoms with Gasteiger partial charge in [-0.2, -0.15) is 0 Å². The van der Waals surface area contributed by atoms with Crippen molar-refractivity contribution in [3.63, 3.8) is 0 Å². The topological polar surface area (TPSA) is 35.0 Å². The van der Waals surface area contributed by atoms with E-state index in [0.717, 1.165) is 0 Å². The van der Waals surface area contributed by atoms with Gasteiger partial charge in [0.15, 0.2) is 5.82 Å². The highest BCUT2D eigenvalue weighted by Gasteiger charge is 2.47. The average molecular weight is 278 g/mol. The van der Waals surface area contributed by atoms with Crippen molar-refractivity contribution in [1.29, 1.82) is 0 Å². The lowest BCUT2D eigenvalue weighted by Crippen LogP contribution is -2.47. The molecule has 0 aliphatic rings. The lowest BCUT2D eigenvalue weighted by molar-refractivity contribution is 0.441. The van der Waals surface area contributed by atoms with Crippen LogP contribution in [0.5, 0.6) is 0 Å². The molecule has 0 aromatic carbocycles. The Labute approximate surface area is 118 Å². The van der Waals surface area contributed by atoms with Crippen LogP contribution in [0.25, 0.3) is 5.76 Å². The van der Waals surface area contributed by atoms with Gasteiger partial charge in [0, 0.05) is 12.4 Å². The van der Waals surface area contributed by atoms with Crippen molar-refractivity contribution in [2.45, 2.75) is 58.2 Å². The molecule has 0 unspecified atom stereocenters. The second-order valence-electron chi connectivity index (χ2n) is 5.92. The van der Waals surface area contributed by atoms with Crippen LogP contribution in [0.15, 0.2) is 25.0 Å². The van der Waals surface area contributed by atoms with Crippen LogP contribution in [-0.4, -0.2) is 18.3 Å². The molecule has 0 N–H and O–H groups in total. The Morgan fingerprint density at radius 3 is 1.79 bits per heavy atom. The van der Waals surface area contributed by atoms with E-state index in [9.17, 15) is 0 Å². The number of nitrogens with zero attached hydrogens (tertiary/aromatic N) is 2. The Kier molecular flexibility index (Phi) is 5.29. The first-order valence-corrected chi connectivity index (χ1v) is 9.11. The van der Waals surface area contributed by atoms with Crippen molar-refractivity contribution < 1.29 is 4.43 Å². The van der Waals surface area contributed by atoms with Crippen LogP contribution in [0.3, 0.4) is 0 Å². The van der Waals surface area contributed by atoms with E-state index >= 15 is 0 Å². The zero-order valence-electron chi connectivity index (χ0n) is 13.0. The molecule has 3 nitrogen and oxygen atoms in total. The van der Waals surface area contributed by atoms with Gasteiger partial charge in [-0.15, -0.1) is 0 Å². The molecule has 106 valence electrons. The monoisotopic (exact) mass is 278 g/mol. The number of hydrogen-bond donors (Lipinski definition) is 0. The van der Waals surface area contributed by atoms with Crippen LogP contribution in [0.2, 0.25) is 16.6 Å². The molecule has 1 aromatic heterocycles. The summed E-state index contributed by atoms with van der Waals surface area (Å²) >= 11 is 0. The molecule has 0 radical (unpaired) electrons. The first-order chi connectivity index (χ1) is 8.82. The largest absolute Gasteiger partial charge is 0.541 e. The molecule has 0 spiro atoms. The third kappa shape index (κ3) is 3.24. The van der Waals surface area contributed by atoms with Crippen molar-refractivity contribution in [2.24, 2.45) is 0 Å². The Morgan fingerprint density at radius 1 is 1.00 bits per heavy atom.